The van der Waals surface area contributed by atoms with E-state index in [1.54, 1.807) is 7.11 Å². The second-order valence-corrected chi connectivity index (χ2v) is 6.04. The quantitative estimate of drug-likeness (QED) is 0.673. The molecule has 0 aromatic heterocycles. The topological polar surface area (TPSA) is 32.8 Å². The van der Waals surface area contributed by atoms with Gasteiger partial charge >= 0.3 is 0 Å². The molecule has 4 nitrogen and oxygen atoms in total. The second-order valence-electron chi connectivity index (χ2n) is 6.04. The van der Waals surface area contributed by atoms with E-state index in [0.717, 1.165) is 45.5 Å². The predicted octanol–water partition coefficient (Wildman–Crippen LogP) is 2.38. The first-order valence-electron chi connectivity index (χ1n) is 8.08. The van der Waals surface area contributed by atoms with Crippen molar-refractivity contribution < 1.29 is 9.53 Å². The molecule has 0 aliphatic carbocycles. The lowest BCUT2D eigenvalue weighted by Crippen LogP contribution is -2.59. The largest absolute Gasteiger partial charge is 0.385 e. The highest BCUT2D eigenvalue weighted by atomic mass is 16.5. The molecule has 118 valence electrons. The normalized spacial score (nSPS) is 24.4. The van der Waals surface area contributed by atoms with Crippen molar-refractivity contribution in [1.82, 2.24) is 9.80 Å². The molecular weight excluding hydrogens is 252 g/mol. The number of hydrogen-bond acceptors (Lipinski definition) is 3. The summed E-state index contributed by atoms with van der Waals surface area (Å²) in [4.78, 5) is 17.1. The van der Waals surface area contributed by atoms with E-state index in [2.05, 4.69) is 37.5 Å². The van der Waals surface area contributed by atoms with Crippen LogP contribution < -0.4 is 0 Å². The zero-order valence-electron chi connectivity index (χ0n) is 13.9. The Morgan fingerprint density at radius 2 is 1.75 bits per heavy atom. The van der Waals surface area contributed by atoms with Crippen molar-refractivity contribution in [2.45, 2.75) is 59.0 Å². The van der Waals surface area contributed by atoms with Gasteiger partial charge in [0.05, 0.1) is 0 Å². The first-order chi connectivity index (χ1) is 9.54. The molecule has 20 heavy (non-hydrogen) atoms. The Labute approximate surface area is 124 Å². The lowest BCUT2D eigenvalue weighted by Gasteiger charge is -2.45. The van der Waals surface area contributed by atoms with E-state index >= 15 is 0 Å². The fourth-order valence-electron chi connectivity index (χ4n) is 3.26. The second kappa shape index (κ2) is 8.63. The highest BCUT2D eigenvalue weighted by molar-refractivity contribution is 5.79. The van der Waals surface area contributed by atoms with Gasteiger partial charge in [0.1, 0.15) is 0 Å². The summed E-state index contributed by atoms with van der Waals surface area (Å²) in [5, 5.41) is 0. The zero-order valence-corrected chi connectivity index (χ0v) is 13.9. The van der Waals surface area contributed by atoms with Crippen molar-refractivity contribution in [3.63, 3.8) is 0 Å². The molecule has 1 aliphatic rings. The van der Waals surface area contributed by atoms with Crippen LogP contribution in [-0.2, 0) is 9.53 Å². The maximum absolute atomic E-state index is 12.5. The zero-order chi connectivity index (χ0) is 15.1. The van der Waals surface area contributed by atoms with Gasteiger partial charge in [-0.05, 0) is 33.1 Å². The summed E-state index contributed by atoms with van der Waals surface area (Å²) >= 11 is 0. The van der Waals surface area contributed by atoms with E-state index in [4.69, 9.17) is 4.74 Å². The van der Waals surface area contributed by atoms with Gasteiger partial charge in [-0.25, -0.2) is 0 Å². The summed E-state index contributed by atoms with van der Waals surface area (Å²) in [6, 6.07) is 0.878. The third-order valence-corrected chi connectivity index (χ3v) is 4.51. The molecule has 0 radical (unpaired) electrons. The fraction of sp³-hybridized carbons (Fsp3) is 0.938. The van der Waals surface area contributed by atoms with Gasteiger partial charge in [0.25, 0.3) is 0 Å². The molecule has 0 spiro atoms. The lowest BCUT2D eigenvalue weighted by atomic mass is 9.99. The van der Waals surface area contributed by atoms with Crippen LogP contribution in [0.5, 0.6) is 0 Å². The Morgan fingerprint density at radius 3 is 2.20 bits per heavy atom. The van der Waals surface area contributed by atoms with Gasteiger partial charge in [0, 0.05) is 51.4 Å². The Hall–Kier alpha value is -0.610. The Balaban J connectivity index is 2.56. The van der Waals surface area contributed by atoms with Crippen LogP contribution >= 0.6 is 0 Å². The standard InChI is InChI=1S/C16H32N2O2/c1-6-15(7-2)16(19)17-11-13(3)18(14(4)12-17)9-8-10-20-5/h13-15H,6-12H2,1-5H3. The Bertz CT molecular complexity index is 280. The molecule has 0 bridgehead atoms. The summed E-state index contributed by atoms with van der Waals surface area (Å²) in [6.07, 6.45) is 2.96. The molecule has 1 saturated heterocycles. The minimum Gasteiger partial charge on any atom is -0.385 e. The van der Waals surface area contributed by atoms with Crippen LogP contribution in [0.2, 0.25) is 0 Å². The van der Waals surface area contributed by atoms with Crippen molar-refractivity contribution in [2.24, 2.45) is 5.92 Å². The molecule has 1 amide bonds. The SMILES string of the molecule is CCC(CC)C(=O)N1CC(C)N(CCCOC)C(C)C1. The van der Waals surface area contributed by atoms with E-state index in [1.807, 2.05) is 0 Å². The summed E-state index contributed by atoms with van der Waals surface area (Å²) in [5.74, 6) is 0.555. The summed E-state index contributed by atoms with van der Waals surface area (Å²) < 4.78 is 5.13. The number of amides is 1. The van der Waals surface area contributed by atoms with Crippen molar-refractivity contribution in [2.75, 3.05) is 33.4 Å². The first-order valence-corrected chi connectivity index (χ1v) is 8.08. The van der Waals surface area contributed by atoms with Gasteiger partial charge in [0.2, 0.25) is 5.91 Å². The van der Waals surface area contributed by atoms with Gasteiger partial charge in [0.15, 0.2) is 0 Å². The van der Waals surface area contributed by atoms with Crippen molar-refractivity contribution in [3.8, 4) is 0 Å². The van der Waals surface area contributed by atoms with E-state index in [0.29, 0.717) is 18.0 Å². The van der Waals surface area contributed by atoms with E-state index in [1.165, 1.54) is 0 Å². The average molecular weight is 284 g/mol. The smallest absolute Gasteiger partial charge is 0.225 e. The fourth-order valence-corrected chi connectivity index (χ4v) is 3.26. The molecule has 1 fully saturated rings. The number of methoxy groups -OCH3 is 1. The molecule has 0 saturated carbocycles. The van der Waals surface area contributed by atoms with E-state index in [-0.39, 0.29) is 5.92 Å². The molecule has 4 heteroatoms. The van der Waals surface area contributed by atoms with Crippen LogP contribution in [0.4, 0.5) is 0 Å². The molecule has 2 atom stereocenters. The van der Waals surface area contributed by atoms with E-state index < -0.39 is 0 Å². The van der Waals surface area contributed by atoms with Gasteiger partial charge < -0.3 is 9.64 Å². The predicted molar refractivity (Wildman–Crippen MR) is 82.8 cm³/mol. The molecule has 1 heterocycles. The third kappa shape index (κ3) is 4.45. The minimum atomic E-state index is 0.203. The molecular formula is C16H32N2O2. The van der Waals surface area contributed by atoms with Crippen LogP contribution in [0.15, 0.2) is 0 Å². The van der Waals surface area contributed by atoms with Crippen molar-refractivity contribution >= 4 is 5.91 Å². The number of rotatable bonds is 7. The number of ether oxygens (including phenoxy) is 1. The molecule has 1 rings (SSSR count). The molecule has 0 N–H and O–H groups in total. The van der Waals surface area contributed by atoms with Crippen LogP contribution in [0, 0.1) is 5.92 Å². The van der Waals surface area contributed by atoms with Crippen LogP contribution in [0.3, 0.4) is 0 Å². The Kier molecular flexibility index (Phi) is 7.52. The summed E-state index contributed by atoms with van der Waals surface area (Å²) in [7, 11) is 1.75. The van der Waals surface area contributed by atoms with E-state index in [9.17, 15) is 4.79 Å². The van der Waals surface area contributed by atoms with Crippen molar-refractivity contribution in [1.29, 1.82) is 0 Å². The van der Waals surface area contributed by atoms with Gasteiger partial charge in [-0.1, -0.05) is 13.8 Å². The molecule has 1 aliphatic heterocycles. The third-order valence-electron chi connectivity index (χ3n) is 4.51. The molecule has 0 aromatic rings. The molecule has 0 aromatic carbocycles. The van der Waals surface area contributed by atoms with Crippen LogP contribution in [0.1, 0.15) is 47.0 Å². The summed E-state index contributed by atoms with van der Waals surface area (Å²) in [6.45, 7) is 12.3. The van der Waals surface area contributed by atoms with Crippen molar-refractivity contribution in [3.05, 3.63) is 0 Å². The van der Waals surface area contributed by atoms with Gasteiger partial charge in [-0.3, -0.25) is 9.69 Å². The van der Waals surface area contributed by atoms with Gasteiger partial charge in [-0.2, -0.15) is 0 Å². The monoisotopic (exact) mass is 284 g/mol. The summed E-state index contributed by atoms with van der Waals surface area (Å²) in [5.41, 5.74) is 0. The number of piperazine rings is 1. The van der Waals surface area contributed by atoms with Crippen LogP contribution in [-0.4, -0.2) is 61.1 Å². The highest BCUT2D eigenvalue weighted by Crippen LogP contribution is 2.20. The van der Waals surface area contributed by atoms with Gasteiger partial charge in [-0.15, -0.1) is 0 Å². The van der Waals surface area contributed by atoms with Crippen LogP contribution in [0.25, 0.3) is 0 Å². The number of hydrogen-bond donors (Lipinski definition) is 0. The molecule has 2 unspecified atom stereocenters. The number of nitrogens with zero attached hydrogens (tertiary/aromatic N) is 2. The number of carbonyl (C=O) groups excluding carboxylic acids is 1. The highest BCUT2D eigenvalue weighted by Gasteiger charge is 2.33. The first kappa shape index (κ1) is 17.4. The lowest BCUT2D eigenvalue weighted by molar-refractivity contribution is -0.140. The number of carbonyl (C=O) groups is 1. The maximum atomic E-state index is 12.5. The minimum absolute atomic E-state index is 0.203. The average Bonchev–Trinajstić information content (AvgIpc) is 2.43. The maximum Gasteiger partial charge on any atom is 0.225 e. The Morgan fingerprint density at radius 1 is 1.20 bits per heavy atom.